The van der Waals surface area contributed by atoms with Crippen molar-refractivity contribution in [2.45, 2.75) is 39.0 Å². The van der Waals surface area contributed by atoms with E-state index in [1.165, 1.54) is 31.2 Å². The molecule has 0 atom stereocenters. The Hall–Kier alpha value is -1.70. The number of fused-ring (bicyclic) bond motifs is 1. The molecule has 0 fully saturated rings. The van der Waals surface area contributed by atoms with Crippen molar-refractivity contribution in [3.63, 3.8) is 0 Å². The molecule has 0 bridgehead atoms. The van der Waals surface area contributed by atoms with Gasteiger partial charge in [-0.25, -0.2) is 0 Å². The minimum Gasteiger partial charge on any atom is -0.398 e. The third-order valence-corrected chi connectivity index (χ3v) is 3.47. The van der Waals surface area contributed by atoms with Crippen LogP contribution in [0.15, 0.2) is 30.3 Å². The minimum absolute atomic E-state index is 0.835. The van der Waals surface area contributed by atoms with Gasteiger partial charge in [-0.2, -0.15) is 0 Å². The first-order chi connectivity index (χ1) is 8.72. The van der Waals surface area contributed by atoms with Gasteiger partial charge in [0.15, 0.2) is 0 Å². The molecule has 18 heavy (non-hydrogen) atoms. The van der Waals surface area contributed by atoms with E-state index >= 15 is 0 Å². The second-order valence-corrected chi connectivity index (χ2v) is 4.93. The predicted octanol–water partition coefficient (Wildman–Crippen LogP) is 4.13. The Kier molecular flexibility index (Phi) is 4.08. The van der Waals surface area contributed by atoms with E-state index in [0.29, 0.717) is 0 Å². The molecule has 0 aliphatic heterocycles. The smallest absolute Gasteiger partial charge is 0.0393 e. The fourth-order valence-corrected chi connectivity index (χ4v) is 2.37. The van der Waals surface area contributed by atoms with E-state index in [-0.39, 0.29) is 0 Å². The minimum atomic E-state index is 0.835. The number of benzene rings is 2. The van der Waals surface area contributed by atoms with Gasteiger partial charge < -0.3 is 11.5 Å². The van der Waals surface area contributed by atoms with Crippen molar-refractivity contribution in [2.24, 2.45) is 0 Å². The van der Waals surface area contributed by atoms with Crippen molar-refractivity contribution in [1.29, 1.82) is 0 Å². The number of nitrogen functional groups attached to an aromatic ring is 2. The summed E-state index contributed by atoms with van der Waals surface area (Å²) in [5, 5.41) is 2.25. The van der Waals surface area contributed by atoms with Gasteiger partial charge in [-0.15, -0.1) is 0 Å². The number of anilines is 2. The molecular weight excluding hydrogens is 220 g/mol. The van der Waals surface area contributed by atoms with Gasteiger partial charge in [0.25, 0.3) is 0 Å². The largest absolute Gasteiger partial charge is 0.398 e. The van der Waals surface area contributed by atoms with E-state index in [9.17, 15) is 0 Å². The van der Waals surface area contributed by atoms with Gasteiger partial charge in [0.1, 0.15) is 0 Å². The molecule has 0 saturated carbocycles. The van der Waals surface area contributed by atoms with E-state index in [0.717, 1.165) is 28.6 Å². The molecule has 4 N–H and O–H groups in total. The standard InChI is InChI=1S/C16H22N2/c1-2-3-4-5-7-13-10-14-12(11-16(13)18)8-6-9-15(14)17/h6,8-11H,2-5,7,17-18H2,1H3. The van der Waals surface area contributed by atoms with Gasteiger partial charge in [0.05, 0.1) is 0 Å². The molecule has 0 heterocycles. The molecule has 0 aromatic heterocycles. The highest BCUT2D eigenvalue weighted by atomic mass is 14.6. The Balaban J connectivity index is 2.22. The van der Waals surface area contributed by atoms with Gasteiger partial charge >= 0.3 is 0 Å². The first-order valence-electron chi connectivity index (χ1n) is 6.79. The van der Waals surface area contributed by atoms with E-state index in [1.807, 2.05) is 18.2 Å². The van der Waals surface area contributed by atoms with Gasteiger partial charge in [0, 0.05) is 16.8 Å². The highest BCUT2D eigenvalue weighted by Gasteiger charge is 2.04. The van der Waals surface area contributed by atoms with Crippen LogP contribution < -0.4 is 11.5 Å². The van der Waals surface area contributed by atoms with Crippen LogP contribution >= 0.6 is 0 Å². The molecule has 2 nitrogen and oxygen atoms in total. The monoisotopic (exact) mass is 242 g/mol. The molecule has 0 saturated heterocycles. The Morgan fingerprint density at radius 3 is 2.56 bits per heavy atom. The second-order valence-electron chi connectivity index (χ2n) is 4.93. The molecule has 0 amide bonds. The topological polar surface area (TPSA) is 52.0 Å². The maximum Gasteiger partial charge on any atom is 0.0393 e. The van der Waals surface area contributed by atoms with Crippen molar-refractivity contribution < 1.29 is 0 Å². The number of hydrogen-bond donors (Lipinski definition) is 2. The lowest BCUT2D eigenvalue weighted by molar-refractivity contribution is 0.667. The van der Waals surface area contributed by atoms with E-state index in [1.54, 1.807) is 0 Å². The Bertz CT molecular complexity index is 532. The van der Waals surface area contributed by atoms with Crippen molar-refractivity contribution in [1.82, 2.24) is 0 Å². The normalized spacial score (nSPS) is 10.9. The first kappa shape index (κ1) is 12.7. The molecule has 96 valence electrons. The number of nitrogens with two attached hydrogens (primary N) is 2. The molecule has 2 rings (SSSR count). The van der Waals surface area contributed by atoms with Crippen LogP contribution in [0.3, 0.4) is 0 Å². The van der Waals surface area contributed by atoms with Crippen molar-refractivity contribution in [3.8, 4) is 0 Å². The molecule has 2 heteroatoms. The molecular formula is C16H22N2. The summed E-state index contributed by atoms with van der Waals surface area (Å²) >= 11 is 0. The average molecular weight is 242 g/mol. The van der Waals surface area contributed by atoms with Crippen molar-refractivity contribution >= 4 is 22.1 Å². The highest BCUT2D eigenvalue weighted by molar-refractivity contribution is 5.95. The van der Waals surface area contributed by atoms with Crippen LogP contribution in [-0.2, 0) is 6.42 Å². The summed E-state index contributed by atoms with van der Waals surface area (Å²) in [5.74, 6) is 0. The van der Waals surface area contributed by atoms with E-state index in [2.05, 4.69) is 19.1 Å². The number of unbranched alkanes of at least 4 members (excludes halogenated alkanes) is 3. The zero-order valence-electron chi connectivity index (χ0n) is 11.1. The summed E-state index contributed by atoms with van der Waals surface area (Å²) in [4.78, 5) is 0. The summed E-state index contributed by atoms with van der Waals surface area (Å²) in [6.07, 6.45) is 6.10. The Morgan fingerprint density at radius 2 is 1.78 bits per heavy atom. The molecule has 0 aliphatic rings. The third-order valence-electron chi connectivity index (χ3n) is 3.47. The molecule has 2 aromatic carbocycles. The maximum atomic E-state index is 6.11. The van der Waals surface area contributed by atoms with Crippen LogP contribution in [0, 0.1) is 0 Å². The van der Waals surface area contributed by atoms with Gasteiger partial charge in [0.2, 0.25) is 0 Å². The number of aryl methyl sites for hydroxylation is 1. The Labute approximate surface area is 109 Å². The van der Waals surface area contributed by atoms with E-state index in [4.69, 9.17) is 11.5 Å². The molecule has 0 unspecified atom stereocenters. The Morgan fingerprint density at radius 1 is 0.944 bits per heavy atom. The van der Waals surface area contributed by atoms with Crippen LogP contribution in [0.25, 0.3) is 10.8 Å². The summed E-state index contributed by atoms with van der Waals surface area (Å²) in [6, 6.07) is 10.2. The molecule has 0 aliphatic carbocycles. The highest BCUT2D eigenvalue weighted by Crippen LogP contribution is 2.27. The summed E-state index contributed by atoms with van der Waals surface area (Å²) in [6.45, 7) is 2.23. The fourth-order valence-electron chi connectivity index (χ4n) is 2.37. The zero-order valence-corrected chi connectivity index (χ0v) is 11.1. The average Bonchev–Trinajstić information content (AvgIpc) is 2.36. The van der Waals surface area contributed by atoms with Crippen LogP contribution in [0.1, 0.15) is 38.2 Å². The van der Waals surface area contributed by atoms with E-state index < -0.39 is 0 Å². The second kappa shape index (κ2) is 5.76. The number of hydrogen-bond acceptors (Lipinski definition) is 2. The van der Waals surface area contributed by atoms with Crippen LogP contribution in [0.5, 0.6) is 0 Å². The van der Waals surface area contributed by atoms with Crippen LogP contribution in [-0.4, -0.2) is 0 Å². The third kappa shape index (κ3) is 2.76. The fraction of sp³-hybridized carbons (Fsp3) is 0.375. The lowest BCUT2D eigenvalue weighted by Crippen LogP contribution is -1.96. The molecule has 0 radical (unpaired) electrons. The summed E-state index contributed by atoms with van der Waals surface area (Å²) in [5.41, 5.74) is 15.1. The van der Waals surface area contributed by atoms with Crippen molar-refractivity contribution in [3.05, 3.63) is 35.9 Å². The van der Waals surface area contributed by atoms with Gasteiger partial charge in [-0.05, 0) is 42.0 Å². The SMILES string of the molecule is CCCCCCc1cc2c(N)cccc2cc1N. The van der Waals surface area contributed by atoms with Gasteiger partial charge in [-0.3, -0.25) is 0 Å². The molecule has 2 aromatic rings. The summed E-state index contributed by atoms with van der Waals surface area (Å²) < 4.78 is 0. The molecule has 0 spiro atoms. The first-order valence-corrected chi connectivity index (χ1v) is 6.79. The van der Waals surface area contributed by atoms with Gasteiger partial charge in [-0.1, -0.05) is 38.3 Å². The number of rotatable bonds is 5. The van der Waals surface area contributed by atoms with Crippen LogP contribution in [0.4, 0.5) is 11.4 Å². The van der Waals surface area contributed by atoms with Crippen LogP contribution in [0.2, 0.25) is 0 Å². The quantitative estimate of drug-likeness (QED) is 0.612. The lowest BCUT2D eigenvalue weighted by atomic mass is 9.99. The zero-order chi connectivity index (χ0) is 13.0. The van der Waals surface area contributed by atoms with Crippen molar-refractivity contribution in [2.75, 3.05) is 11.5 Å². The summed E-state index contributed by atoms with van der Waals surface area (Å²) in [7, 11) is 0. The predicted molar refractivity (Wildman–Crippen MR) is 80.6 cm³/mol. The maximum absolute atomic E-state index is 6.11. The lowest BCUT2D eigenvalue weighted by Gasteiger charge is -2.09.